The van der Waals surface area contributed by atoms with E-state index in [0.717, 1.165) is 32.1 Å². The van der Waals surface area contributed by atoms with Gasteiger partial charge in [-0.2, -0.15) is 10.2 Å². The van der Waals surface area contributed by atoms with Crippen LogP contribution < -0.4 is 10.9 Å². The fourth-order valence-electron chi connectivity index (χ4n) is 5.26. The highest BCUT2D eigenvalue weighted by Crippen LogP contribution is 2.43. The summed E-state index contributed by atoms with van der Waals surface area (Å²) in [5.74, 6) is 3.51. The number of nitrogens with one attached hydrogen (secondary N) is 2. The largest absolute Gasteiger partial charge is 0.273 e. The van der Waals surface area contributed by atoms with Gasteiger partial charge in [0.25, 0.3) is 0 Å². The van der Waals surface area contributed by atoms with E-state index >= 15 is 0 Å². The molecule has 6 atom stereocenters. The number of hydrazone groups is 2. The van der Waals surface area contributed by atoms with Crippen LogP contribution in [0, 0.1) is 35.5 Å². The minimum Gasteiger partial charge on any atom is -0.273 e. The van der Waals surface area contributed by atoms with E-state index in [2.05, 4.69) is 45.4 Å². The third-order valence-corrected chi connectivity index (χ3v) is 6.88. The molecule has 2 saturated carbocycles. The van der Waals surface area contributed by atoms with Gasteiger partial charge in [0.2, 0.25) is 11.8 Å². The lowest BCUT2D eigenvalue weighted by atomic mass is 9.95. The highest BCUT2D eigenvalue weighted by molar-refractivity contribution is 5.77. The summed E-state index contributed by atoms with van der Waals surface area (Å²) in [4.78, 5) is 23.7. The average Bonchev–Trinajstić information content (AvgIpc) is 3.49. The summed E-state index contributed by atoms with van der Waals surface area (Å²) < 4.78 is 0. The Morgan fingerprint density at radius 3 is 1.59 bits per heavy atom. The number of unbranched alkanes of at least 4 members (excludes halogenated alkanes) is 2. The zero-order chi connectivity index (χ0) is 20.1. The van der Waals surface area contributed by atoms with Crippen LogP contribution >= 0.6 is 0 Å². The summed E-state index contributed by atoms with van der Waals surface area (Å²) in [5, 5.41) is 8.27. The molecule has 6 heteroatoms. The topological polar surface area (TPSA) is 82.9 Å². The number of allylic oxidation sites excluding steroid dienone is 4. The molecule has 2 N–H and O–H groups in total. The standard InChI is InChI=1S/C23H32N4O2/c28-22(26-24-14-20-12-16-6-8-18(20)10-16)4-2-1-3-5-23(29)27-25-15-21-13-17-7-9-19(21)11-17/h6-9,14-21H,1-5,10-13H2,(H,26,28)(H,27,29). The van der Waals surface area contributed by atoms with Crippen molar-refractivity contribution < 1.29 is 9.59 Å². The van der Waals surface area contributed by atoms with Crippen LogP contribution in [-0.4, -0.2) is 24.2 Å². The first kappa shape index (κ1) is 20.0. The maximum atomic E-state index is 11.9. The number of carbonyl (C=O) groups is 2. The van der Waals surface area contributed by atoms with E-state index in [0.29, 0.717) is 48.3 Å². The number of rotatable bonds is 10. The van der Waals surface area contributed by atoms with Crippen LogP contribution in [0.4, 0.5) is 0 Å². The van der Waals surface area contributed by atoms with Gasteiger partial charge >= 0.3 is 0 Å². The van der Waals surface area contributed by atoms with E-state index < -0.39 is 0 Å². The van der Waals surface area contributed by atoms with E-state index in [4.69, 9.17) is 0 Å². The molecule has 4 rings (SSSR count). The molecule has 0 aromatic rings. The van der Waals surface area contributed by atoms with Gasteiger partial charge in [-0.25, -0.2) is 10.9 Å². The second-order valence-electron chi connectivity index (χ2n) is 9.08. The first-order chi connectivity index (χ1) is 14.2. The summed E-state index contributed by atoms with van der Waals surface area (Å²) in [6.07, 6.45) is 21.1. The second kappa shape index (κ2) is 9.51. The minimum atomic E-state index is -0.0473. The zero-order valence-electron chi connectivity index (χ0n) is 17.0. The van der Waals surface area contributed by atoms with Crippen molar-refractivity contribution in [1.29, 1.82) is 0 Å². The molecule has 156 valence electrons. The molecule has 4 aliphatic rings. The van der Waals surface area contributed by atoms with Crippen molar-refractivity contribution in [3.05, 3.63) is 24.3 Å². The van der Waals surface area contributed by atoms with Crippen molar-refractivity contribution in [2.24, 2.45) is 45.7 Å². The lowest BCUT2D eigenvalue weighted by Crippen LogP contribution is -2.20. The van der Waals surface area contributed by atoms with Gasteiger partial charge in [0.15, 0.2) is 0 Å². The molecule has 4 bridgehead atoms. The van der Waals surface area contributed by atoms with Gasteiger partial charge in [-0.15, -0.1) is 0 Å². The molecule has 0 aromatic heterocycles. The predicted molar refractivity (Wildman–Crippen MR) is 114 cm³/mol. The Morgan fingerprint density at radius 2 is 1.21 bits per heavy atom. The molecular weight excluding hydrogens is 364 g/mol. The van der Waals surface area contributed by atoms with E-state index in [1.54, 1.807) is 0 Å². The van der Waals surface area contributed by atoms with Crippen LogP contribution in [0.3, 0.4) is 0 Å². The molecule has 2 amide bonds. The Bertz CT molecular complexity index is 666. The van der Waals surface area contributed by atoms with Gasteiger partial charge in [0.05, 0.1) is 0 Å². The second-order valence-corrected chi connectivity index (χ2v) is 9.08. The Balaban J connectivity index is 1.01. The van der Waals surface area contributed by atoms with Crippen LogP contribution in [-0.2, 0) is 9.59 Å². The quantitative estimate of drug-likeness (QED) is 0.256. The van der Waals surface area contributed by atoms with Crippen LogP contribution in [0.2, 0.25) is 0 Å². The van der Waals surface area contributed by atoms with Crippen LogP contribution in [0.25, 0.3) is 0 Å². The smallest absolute Gasteiger partial charge is 0.240 e. The Morgan fingerprint density at radius 1 is 0.724 bits per heavy atom. The molecule has 0 aromatic carbocycles. The predicted octanol–water partition coefficient (Wildman–Crippen LogP) is 3.57. The minimum absolute atomic E-state index is 0.0473. The monoisotopic (exact) mass is 396 g/mol. The molecule has 0 saturated heterocycles. The Labute approximate surface area is 173 Å². The van der Waals surface area contributed by atoms with Crippen LogP contribution in [0.5, 0.6) is 0 Å². The number of hydrogen-bond acceptors (Lipinski definition) is 4. The SMILES string of the molecule is O=C(CCCCCC(=O)NN=CC1CC2C=CC1C2)NN=CC1CC2C=CC1C2. The fourth-order valence-corrected chi connectivity index (χ4v) is 5.26. The molecule has 6 nitrogen and oxygen atoms in total. The Kier molecular flexibility index (Phi) is 6.57. The molecular formula is C23H32N4O2. The van der Waals surface area contributed by atoms with Crippen molar-refractivity contribution in [2.45, 2.75) is 57.8 Å². The van der Waals surface area contributed by atoms with Crippen molar-refractivity contribution in [2.75, 3.05) is 0 Å². The van der Waals surface area contributed by atoms with E-state index in [9.17, 15) is 9.59 Å². The van der Waals surface area contributed by atoms with Gasteiger partial charge in [-0.05, 0) is 62.2 Å². The molecule has 0 heterocycles. The molecule has 29 heavy (non-hydrogen) atoms. The van der Waals surface area contributed by atoms with E-state index in [1.165, 1.54) is 12.8 Å². The first-order valence-electron chi connectivity index (χ1n) is 11.2. The first-order valence-corrected chi connectivity index (χ1v) is 11.2. The van der Waals surface area contributed by atoms with Gasteiger partial charge < -0.3 is 0 Å². The van der Waals surface area contributed by atoms with Crippen molar-refractivity contribution in [3.8, 4) is 0 Å². The van der Waals surface area contributed by atoms with Gasteiger partial charge in [0.1, 0.15) is 0 Å². The molecule has 0 radical (unpaired) electrons. The van der Waals surface area contributed by atoms with Gasteiger partial charge in [-0.3, -0.25) is 9.59 Å². The van der Waals surface area contributed by atoms with E-state index in [1.807, 2.05) is 12.4 Å². The molecule has 0 spiro atoms. The molecule has 4 aliphatic carbocycles. The number of carbonyl (C=O) groups excluding carboxylic acids is 2. The Hall–Kier alpha value is -2.24. The zero-order valence-corrected chi connectivity index (χ0v) is 17.0. The molecule has 2 fully saturated rings. The summed E-state index contributed by atoms with van der Waals surface area (Å²) in [6.45, 7) is 0. The summed E-state index contributed by atoms with van der Waals surface area (Å²) in [6, 6.07) is 0. The highest BCUT2D eigenvalue weighted by Gasteiger charge is 2.35. The number of fused-ring (bicyclic) bond motifs is 4. The number of amides is 2. The van der Waals surface area contributed by atoms with Gasteiger partial charge in [0, 0.05) is 37.1 Å². The highest BCUT2D eigenvalue weighted by atomic mass is 16.2. The summed E-state index contributed by atoms with van der Waals surface area (Å²) in [5.41, 5.74) is 5.28. The third-order valence-electron chi connectivity index (χ3n) is 6.88. The average molecular weight is 397 g/mol. The third kappa shape index (κ3) is 5.43. The molecule has 0 aliphatic heterocycles. The lowest BCUT2D eigenvalue weighted by molar-refractivity contribution is -0.121. The van der Waals surface area contributed by atoms with E-state index in [-0.39, 0.29) is 11.8 Å². The van der Waals surface area contributed by atoms with Crippen molar-refractivity contribution in [3.63, 3.8) is 0 Å². The fraction of sp³-hybridized carbons (Fsp3) is 0.652. The normalized spacial score (nSPS) is 34.1. The maximum Gasteiger partial charge on any atom is 0.240 e. The maximum absolute atomic E-state index is 11.9. The number of nitrogens with zero attached hydrogens (tertiary/aromatic N) is 2. The van der Waals surface area contributed by atoms with Crippen molar-refractivity contribution in [1.82, 2.24) is 10.9 Å². The van der Waals surface area contributed by atoms with Crippen LogP contribution in [0.1, 0.15) is 57.8 Å². The number of hydrogen-bond donors (Lipinski definition) is 2. The summed E-state index contributed by atoms with van der Waals surface area (Å²) >= 11 is 0. The van der Waals surface area contributed by atoms with Crippen molar-refractivity contribution >= 4 is 24.2 Å². The van der Waals surface area contributed by atoms with Gasteiger partial charge in [-0.1, -0.05) is 30.7 Å². The lowest BCUT2D eigenvalue weighted by Gasteiger charge is -2.12. The summed E-state index contributed by atoms with van der Waals surface area (Å²) in [7, 11) is 0. The molecule has 6 unspecified atom stereocenters. The van der Waals surface area contributed by atoms with Crippen LogP contribution in [0.15, 0.2) is 34.5 Å².